The van der Waals surface area contributed by atoms with Gasteiger partial charge in [0.05, 0.1) is 6.04 Å². The number of hydrogen-bond acceptors (Lipinski definition) is 2. The molecule has 1 atom stereocenters. The number of nitrogens with one attached hydrogen (secondary N) is 1. The second-order valence-electron chi connectivity index (χ2n) is 4.99. The van der Waals surface area contributed by atoms with E-state index in [1.807, 2.05) is 55.5 Å². The molecular weight excluding hydrogens is 284 g/mol. The van der Waals surface area contributed by atoms with Gasteiger partial charge in [-0.05, 0) is 55.3 Å². The molecule has 2 rings (SSSR count). The summed E-state index contributed by atoms with van der Waals surface area (Å²) in [7, 11) is 0. The van der Waals surface area contributed by atoms with Crippen LogP contribution in [0, 0.1) is 0 Å². The average Bonchev–Trinajstić information content (AvgIpc) is 2.48. The Labute approximate surface area is 130 Å². The van der Waals surface area contributed by atoms with Crippen molar-refractivity contribution in [3.05, 3.63) is 70.2 Å². The van der Waals surface area contributed by atoms with Crippen LogP contribution in [0.2, 0.25) is 5.02 Å². The number of carbonyl (C=O) groups excluding carboxylic acids is 1. The van der Waals surface area contributed by atoms with Gasteiger partial charge in [-0.3, -0.25) is 4.79 Å². The standard InChI is InChI=1S/C17H19ClN2O/c1-12(15-3-2-4-16(18)11-15)20-17(21)14-7-5-13(6-8-14)9-10-19/h2-8,11-12H,9-10,19H2,1H3,(H,20,21). The molecular formula is C17H19ClN2O. The van der Waals surface area contributed by atoms with Gasteiger partial charge in [0.1, 0.15) is 0 Å². The Morgan fingerprint density at radius 3 is 2.57 bits per heavy atom. The summed E-state index contributed by atoms with van der Waals surface area (Å²) in [6.07, 6.45) is 0.820. The van der Waals surface area contributed by atoms with E-state index in [0.717, 1.165) is 17.5 Å². The summed E-state index contributed by atoms with van der Waals surface area (Å²) in [5.74, 6) is -0.0956. The third kappa shape index (κ3) is 4.31. The van der Waals surface area contributed by atoms with Crippen LogP contribution < -0.4 is 11.1 Å². The van der Waals surface area contributed by atoms with Gasteiger partial charge in [0, 0.05) is 10.6 Å². The predicted octanol–water partition coefficient (Wildman–Crippen LogP) is 3.33. The molecule has 0 bridgehead atoms. The van der Waals surface area contributed by atoms with E-state index in [-0.39, 0.29) is 11.9 Å². The maximum absolute atomic E-state index is 12.2. The Morgan fingerprint density at radius 2 is 1.95 bits per heavy atom. The number of halogens is 1. The molecule has 21 heavy (non-hydrogen) atoms. The van der Waals surface area contributed by atoms with Gasteiger partial charge < -0.3 is 11.1 Å². The highest BCUT2D eigenvalue weighted by atomic mass is 35.5. The van der Waals surface area contributed by atoms with E-state index in [1.165, 1.54) is 0 Å². The normalized spacial score (nSPS) is 12.0. The predicted molar refractivity (Wildman–Crippen MR) is 86.5 cm³/mol. The first-order valence-electron chi connectivity index (χ1n) is 6.95. The first-order chi connectivity index (χ1) is 10.1. The van der Waals surface area contributed by atoms with Gasteiger partial charge in [0.2, 0.25) is 0 Å². The van der Waals surface area contributed by atoms with Crippen molar-refractivity contribution in [2.75, 3.05) is 6.54 Å². The van der Waals surface area contributed by atoms with Crippen molar-refractivity contribution in [2.24, 2.45) is 5.73 Å². The number of benzene rings is 2. The van der Waals surface area contributed by atoms with E-state index in [4.69, 9.17) is 17.3 Å². The molecule has 0 aromatic heterocycles. The molecule has 110 valence electrons. The molecule has 1 amide bonds. The SMILES string of the molecule is CC(NC(=O)c1ccc(CCN)cc1)c1cccc(Cl)c1. The van der Waals surface area contributed by atoms with Crippen molar-refractivity contribution in [1.82, 2.24) is 5.32 Å². The third-order valence-corrected chi connectivity index (χ3v) is 3.58. The maximum atomic E-state index is 12.2. The molecule has 2 aromatic carbocycles. The quantitative estimate of drug-likeness (QED) is 0.890. The van der Waals surface area contributed by atoms with Crippen molar-refractivity contribution in [1.29, 1.82) is 0 Å². The minimum absolute atomic E-state index is 0.0956. The lowest BCUT2D eigenvalue weighted by molar-refractivity contribution is 0.0940. The molecule has 0 heterocycles. The second kappa shape index (κ2) is 7.25. The van der Waals surface area contributed by atoms with E-state index in [9.17, 15) is 4.79 Å². The van der Waals surface area contributed by atoms with Crippen LogP contribution in [-0.4, -0.2) is 12.5 Å². The first kappa shape index (κ1) is 15.5. The van der Waals surface area contributed by atoms with Gasteiger partial charge in [0.15, 0.2) is 0 Å². The van der Waals surface area contributed by atoms with Crippen LogP contribution in [0.1, 0.15) is 34.5 Å². The summed E-state index contributed by atoms with van der Waals surface area (Å²) in [4.78, 5) is 12.2. The largest absolute Gasteiger partial charge is 0.346 e. The Bertz CT molecular complexity index is 610. The van der Waals surface area contributed by atoms with E-state index in [1.54, 1.807) is 0 Å². The Hall–Kier alpha value is -1.84. The summed E-state index contributed by atoms with van der Waals surface area (Å²) in [6, 6.07) is 14.9. The van der Waals surface area contributed by atoms with Gasteiger partial charge in [0.25, 0.3) is 5.91 Å². The second-order valence-corrected chi connectivity index (χ2v) is 5.42. The van der Waals surface area contributed by atoms with Crippen LogP contribution in [-0.2, 0) is 6.42 Å². The molecule has 2 aromatic rings. The van der Waals surface area contributed by atoms with E-state index >= 15 is 0 Å². The number of amides is 1. The highest BCUT2D eigenvalue weighted by Gasteiger charge is 2.11. The van der Waals surface area contributed by atoms with E-state index in [0.29, 0.717) is 17.1 Å². The minimum atomic E-state index is -0.0973. The monoisotopic (exact) mass is 302 g/mol. The Balaban J connectivity index is 2.03. The van der Waals surface area contributed by atoms with Crippen LogP contribution in [0.5, 0.6) is 0 Å². The molecule has 0 aliphatic rings. The van der Waals surface area contributed by atoms with Crippen LogP contribution in [0.25, 0.3) is 0 Å². The van der Waals surface area contributed by atoms with Crippen molar-refractivity contribution in [3.8, 4) is 0 Å². The summed E-state index contributed by atoms with van der Waals surface area (Å²) >= 11 is 5.97. The van der Waals surface area contributed by atoms with E-state index < -0.39 is 0 Å². The molecule has 1 unspecified atom stereocenters. The van der Waals surface area contributed by atoms with Crippen molar-refractivity contribution in [2.45, 2.75) is 19.4 Å². The van der Waals surface area contributed by atoms with Crippen LogP contribution >= 0.6 is 11.6 Å². The lowest BCUT2D eigenvalue weighted by atomic mass is 10.1. The lowest BCUT2D eigenvalue weighted by Crippen LogP contribution is -2.26. The van der Waals surface area contributed by atoms with E-state index in [2.05, 4.69) is 5.32 Å². The summed E-state index contributed by atoms with van der Waals surface area (Å²) in [5.41, 5.74) is 8.27. The van der Waals surface area contributed by atoms with Crippen molar-refractivity contribution < 1.29 is 4.79 Å². The number of hydrogen-bond donors (Lipinski definition) is 2. The number of nitrogens with two attached hydrogens (primary N) is 1. The molecule has 0 spiro atoms. The van der Waals surface area contributed by atoms with Crippen LogP contribution in [0.4, 0.5) is 0 Å². The maximum Gasteiger partial charge on any atom is 0.251 e. The van der Waals surface area contributed by atoms with Gasteiger partial charge in [-0.25, -0.2) is 0 Å². The zero-order valence-electron chi connectivity index (χ0n) is 12.0. The number of carbonyl (C=O) groups is 1. The van der Waals surface area contributed by atoms with Gasteiger partial charge in [-0.1, -0.05) is 35.9 Å². The van der Waals surface area contributed by atoms with Crippen LogP contribution in [0.15, 0.2) is 48.5 Å². The molecule has 4 heteroatoms. The fourth-order valence-corrected chi connectivity index (χ4v) is 2.33. The minimum Gasteiger partial charge on any atom is -0.346 e. The summed E-state index contributed by atoms with van der Waals surface area (Å²) in [5, 5.41) is 3.64. The fourth-order valence-electron chi connectivity index (χ4n) is 2.13. The highest BCUT2D eigenvalue weighted by molar-refractivity contribution is 6.30. The molecule has 0 fully saturated rings. The molecule has 0 aliphatic heterocycles. The third-order valence-electron chi connectivity index (χ3n) is 3.35. The summed E-state index contributed by atoms with van der Waals surface area (Å²) < 4.78 is 0. The van der Waals surface area contributed by atoms with Gasteiger partial charge >= 0.3 is 0 Å². The summed E-state index contributed by atoms with van der Waals surface area (Å²) in [6.45, 7) is 2.55. The van der Waals surface area contributed by atoms with Crippen molar-refractivity contribution >= 4 is 17.5 Å². The first-order valence-corrected chi connectivity index (χ1v) is 7.33. The molecule has 3 nitrogen and oxygen atoms in total. The molecule has 0 saturated carbocycles. The fraction of sp³-hybridized carbons (Fsp3) is 0.235. The van der Waals surface area contributed by atoms with Gasteiger partial charge in [-0.15, -0.1) is 0 Å². The Morgan fingerprint density at radius 1 is 1.24 bits per heavy atom. The lowest BCUT2D eigenvalue weighted by Gasteiger charge is -2.15. The zero-order valence-corrected chi connectivity index (χ0v) is 12.7. The van der Waals surface area contributed by atoms with Crippen LogP contribution in [0.3, 0.4) is 0 Å². The average molecular weight is 303 g/mol. The molecule has 0 radical (unpaired) electrons. The topological polar surface area (TPSA) is 55.1 Å². The molecule has 0 saturated heterocycles. The molecule has 3 N–H and O–H groups in total. The zero-order chi connectivity index (χ0) is 15.2. The van der Waals surface area contributed by atoms with Gasteiger partial charge in [-0.2, -0.15) is 0 Å². The Kier molecular flexibility index (Phi) is 5.37. The van der Waals surface area contributed by atoms with Crippen molar-refractivity contribution in [3.63, 3.8) is 0 Å². The smallest absolute Gasteiger partial charge is 0.251 e. The molecule has 0 aliphatic carbocycles. The highest BCUT2D eigenvalue weighted by Crippen LogP contribution is 2.18. The number of rotatable bonds is 5.